The number of hydrogen-bond acceptors (Lipinski definition) is 5. The van der Waals surface area contributed by atoms with E-state index in [1.807, 2.05) is 39.5 Å². The molecule has 116 valence electrons. The number of anilines is 1. The molecule has 1 amide bonds. The number of amides is 1. The Labute approximate surface area is 129 Å². The first-order valence-corrected chi connectivity index (χ1v) is 7.32. The molecule has 7 nitrogen and oxygen atoms in total. The topological polar surface area (TPSA) is 75.9 Å². The molecule has 22 heavy (non-hydrogen) atoms. The zero-order valence-corrected chi connectivity index (χ0v) is 13.0. The number of likely N-dealkylation sites (tertiary alicyclic amines) is 1. The normalized spacial score (nSPS) is 21.4. The van der Waals surface area contributed by atoms with Gasteiger partial charge < -0.3 is 10.2 Å². The third-order valence-electron chi connectivity index (χ3n) is 4.08. The van der Waals surface area contributed by atoms with Crippen LogP contribution in [0.3, 0.4) is 0 Å². The second-order valence-corrected chi connectivity index (χ2v) is 5.76. The van der Waals surface area contributed by atoms with Crippen molar-refractivity contribution in [1.29, 1.82) is 0 Å². The number of rotatable bonds is 4. The molecule has 0 unspecified atom stereocenters. The highest BCUT2D eigenvalue weighted by molar-refractivity contribution is 5.79. The molecule has 0 aliphatic carbocycles. The van der Waals surface area contributed by atoms with Gasteiger partial charge in [0.15, 0.2) is 0 Å². The van der Waals surface area contributed by atoms with Crippen LogP contribution in [0.15, 0.2) is 24.7 Å². The fourth-order valence-electron chi connectivity index (χ4n) is 2.98. The van der Waals surface area contributed by atoms with Crippen LogP contribution in [0, 0.1) is 12.8 Å². The highest BCUT2D eigenvalue weighted by Crippen LogP contribution is 2.36. The number of carbonyl (C=O) groups is 1. The molecule has 2 atom stereocenters. The minimum Gasteiger partial charge on any atom is -0.354 e. The summed E-state index contributed by atoms with van der Waals surface area (Å²) in [5, 5.41) is 7.47. The maximum absolute atomic E-state index is 12.1. The lowest BCUT2D eigenvalue weighted by Crippen LogP contribution is -2.26. The average Bonchev–Trinajstić information content (AvgIpc) is 3.01. The van der Waals surface area contributed by atoms with Crippen LogP contribution in [0.1, 0.15) is 23.7 Å². The molecule has 2 aromatic heterocycles. The maximum atomic E-state index is 12.1. The molecule has 1 fully saturated rings. The minimum absolute atomic E-state index is 0.0403. The summed E-state index contributed by atoms with van der Waals surface area (Å²) in [6.07, 6.45) is 6.05. The van der Waals surface area contributed by atoms with Crippen LogP contribution in [0.25, 0.3) is 0 Å². The molecule has 0 saturated carbocycles. The van der Waals surface area contributed by atoms with Gasteiger partial charge >= 0.3 is 0 Å². The van der Waals surface area contributed by atoms with Crippen LogP contribution in [-0.4, -0.2) is 44.1 Å². The van der Waals surface area contributed by atoms with E-state index in [1.165, 1.54) is 0 Å². The predicted molar refractivity (Wildman–Crippen MR) is 82.1 cm³/mol. The first kappa shape index (κ1) is 14.5. The van der Waals surface area contributed by atoms with E-state index in [1.54, 1.807) is 15.8 Å². The lowest BCUT2D eigenvalue weighted by Gasteiger charge is -2.24. The average molecular weight is 300 g/mol. The van der Waals surface area contributed by atoms with Crippen molar-refractivity contribution in [3.63, 3.8) is 0 Å². The van der Waals surface area contributed by atoms with Gasteiger partial charge in [-0.25, -0.2) is 9.97 Å². The molecule has 1 saturated heterocycles. The molecule has 2 aromatic rings. The predicted octanol–water partition coefficient (Wildman–Crippen LogP) is 1.15. The lowest BCUT2D eigenvalue weighted by molar-refractivity contribution is -0.127. The Hall–Kier alpha value is -2.44. The van der Waals surface area contributed by atoms with Gasteiger partial charge in [0, 0.05) is 56.6 Å². The number of hydrogen-bond donors (Lipinski definition) is 1. The van der Waals surface area contributed by atoms with Crippen molar-refractivity contribution in [3.8, 4) is 0 Å². The van der Waals surface area contributed by atoms with Gasteiger partial charge in [-0.2, -0.15) is 5.10 Å². The van der Waals surface area contributed by atoms with Gasteiger partial charge in [0.05, 0.1) is 12.2 Å². The van der Waals surface area contributed by atoms with Crippen LogP contribution in [0.4, 0.5) is 5.95 Å². The van der Waals surface area contributed by atoms with E-state index in [-0.39, 0.29) is 17.9 Å². The Morgan fingerprint density at radius 3 is 2.91 bits per heavy atom. The number of nitrogens with zero attached hydrogens (tertiary/aromatic N) is 5. The molecule has 0 bridgehead atoms. The highest BCUT2D eigenvalue weighted by Gasteiger charge is 2.38. The Morgan fingerprint density at radius 2 is 2.23 bits per heavy atom. The standard InChI is InChI=1S/C15H20N6O/c1-10-4-5-16-15(19-10)17-7-11-6-13(22)21(3)14(11)12-8-18-20(2)9-12/h4-5,8-9,11,14H,6-7H2,1-3H3,(H,16,17,19)/t11-,14+/m0/s1. The molecular formula is C15H20N6O. The summed E-state index contributed by atoms with van der Waals surface area (Å²) < 4.78 is 1.76. The van der Waals surface area contributed by atoms with Crippen molar-refractivity contribution < 1.29 is 4.79 Å². The van der Waals surface area contributed by atoms with E-state index in [0.717, 1.165) is 11.3 Å². The minimum atomic E-state index is 0.0403. The Bertz CT molecular complexity index is 682. The van der Waals surface area contributed by atoms with Crippen LogP contribution in [-0.2, 0) is 11.8 Å². The van der Waals surface area contributed by atoms with Crippen molar-refractivity contribution in [3.05, 3.63) is 35.9 Å². The number of carbonyl (C=O) groups excluding carboxylic acids is 1. The summed E-state index contributed by atoms with van der Waals surface area (Å²) in [6.45, 7) is 2.58. The first-order chi connectivity index (χ1) is 10.5. The summed E-state index contributed by atoms with van der Waals surface area (Å²) in [4.78, 5) is 22.4. The molecule has 0 aromatic carbocycles. The van der Waals surface area contributed by atoms with Crippen LogP contribution < -0.4 is 5.32 Å². The fourth-order valence-corrected chi connectivity index (χ4v) is 2.98. The molecule has 1 aliphatic heterocycles. The van der Waals surface area contributed by atoms with E-state index < -0.39 is 0 Å². The van der Waals surface area contributed by atoms with Gasteiger partial charge in [-0.05, 0) is 13.0 Å². The molecule has 0 spiro atoms. The van der Waals surface area contributed by atoms with Gasteiger partial charge in [0.2, 0.25) is 11.9 Å². The van der Waals surface area contributed by atoms with Crippen LogP contribution >= 0.6 is 0 Å². The maximum Gasteiger partial charge on any atom is 0.223 e. The Balaban J connectivity index is 1.75. The van der Waals surface area contributed by atoms with Crippen LogP contribution in [0.2, 0.25) is 0 Å². The van der Waals surface area contributed by atoms with Crippen molar-refractivity contribution in [2.75, 3.05) is 18.9 Å². The number of aromatic nitrogens is 4. The van der Waals surface area contributed by atoms with Crippen molar-refractivity contribution in [2.45, 2.75) is 19.4 Å². The Kier molecular flexibility index (Phi) is 3.79. The van der Waals surface area contributed by atoms with Crippen molar-refractivity contribution in [2.24, 2.45) is 13.0 Å². The summed E-state index contributed by atoms with van der Waals surface area (Å²) >= 11 is 0. The number of nitrogens with one attached hydrogen (secondary N) is 1. The molecule has 7 heteroatoms. The fraction of sp³-hybridized carbons (Fsp3) is 0.467. The van der Waals surface area contributed by atoms with E-state index in [2.05, 4.69) is 20.4 Å². The SMILES string of the molecule is Cc1ccnc(NC[C@@H]2CC(=O)N(C)[C@H]2c2cnn(C)c2)n1. The van der Waals surface area contributed by atoms with Gasteiger partial charge in [0.25, 0.3) is 0 Å². The second-order valence-electron chi connectivity index (χ2n) is 5.76. The zero-order chi connectivity index (χ0) is 15.7. The summed E-state index contributed by atoms with van der Waals surface area (Å²) in [6, 6.07) is 1.90. The van der Waals surface area contributed by atoms with Crippen molar-refractivity contribution in [1.82, 2.24) is 24.6 Å². The molecule has 0 radical (unpaired) electrons. The first-order valence-electron chi connectivity index (χ1n) is 7.32. The van der Waals surface area contributed by atoms with E-state index >= 15 is 0 Å². The van der Waals surface area contributed by atoms with E-state index in [9.17, 15) is 4.79 Å². The Morgan fingerprint density at radius 1 is 1.41 bits per heavy atom. The van der Waals surface area contributed by atoms with Crippen LogP contribution in [0.5, 0.6) is 0 Å². The quantitative estimate of drug-likeness (QED) is 0.916. The molecule has 1 N–H and O–H groups in total. The lowest BCUT2D eigenvalue weighted by atomic mass is 9.96. The molecule has 3 rings (SSSR count). The highest BCUT2D eigenvalue weighted by atomic mass is 16.2. The molecule has 1 aliphatic rings. The monoisotopic (exact) mass is 300 g/mol. The summed E-state index contributed by atoms with van der Waals surface area (Å²) in [5.41, 5.74) is 1.98. The van der Waals surface area contributed by atoms with Gasteiger partial charge in [-0.1, -0.05) is 0 Å². The van der Waals surface area contributed by atoms with Crippen molar-refractivity contribution >= 4 is 11.9 Å². The number of aryl methyl sites for hydroxylation is 2. The summed E-state index contributed by atoms with van der Waals surface area (Å²) in [5.74, 6) is 0.934. The van der Waals surface area contributed by atoms with E-state index in [0.29, 0.717) is 18.9 Å². The summed E-state index contributed by atoms with van der Waals surface area (Å²) in [7, 11) is 3.73. The van der Waals surface area contributed by atoms with E-state index in [4.69, 9.17) is 0 Å². The molecule has 3 heterocycles. The van der Waals surface area contributed by atoms with Gasteiger partial charge in [-0.3, -0.25) is 9.48 Å². The second kappa shape index (κ2) is 5.75. The smallest absolute Gasteiger partial charge is 0.223 e. The third kappa shape index (κ3) is 2.79. The van der Waals surface area contributed by atoms with Gasteiger partial charge in [-0.15, -0.1) is 0 Å². The largest absolute Gasteiger partial charge is 0.354 e. The third-order valence-corrected chi connectivity index (χ3v) is 4.08. The molecular weight excluding hydrogens is 280 g/mol. The van der Waals surface area contributed by atoms with Gasteiger partial charge in [0.1, 0.15) is 0 Å². The zero-order valence-electron chi connectivity index (χ0n) is 13.0.